The van der Waals surface area contributed by atoms with Crippen LogP contribution in [0.3, 0.4) is 0 Å². The Labute approximate surface area is 181 Å². The van der Waals surface area contributed by atoms with E-state index < -0.39 is 5.82 Å². The van der Waals surface area contributed by atoms with Crippen molar-refractivity contribution in [3.05, 3.63) is 77.2 Å². The number of aryl methyl sites for hydroxylation is 1. The molecule has 4 nitrogen and oxygen atoms in total. The Bertz CT molecular complexity index is 995. The summed E-state index contributed by atoms with van der Waals surface area (Å²) in [4.78, 5) is 12.1. The first kappa shape index (κ1) is 23.4. The summed E-state index contributed by atoms with van der Waals surface area (Å²) in [6, 6.07) is 13.6. The van der Waals surface area contributed by atoms with Crippen molar-refractivity contribution >= 4 is 23.5 Å². The summed E-state index contributed by atoms with van der Waals surface area (Å²) in [5, 5.41) is 7.24. The summed E-state index contributed by atoms with van der Waals surface area (Å²) in [7, 11) is 1.48. The van der Waals surface area contributed by atoms with E-state index in [1.54, 1.807) is 36.4 Å². The second-order valence-electron chi connectivity index (χ2n) is 6.81. The number of carbonyl (C=O) groups is 1. The highest BCUT2D eigenvalue weighted by atomic mass is 35.5. The Kier molecular flexibility index (Phi) is 8.81. The minimum Gasteiger partial charge on any atom is -0.497 e. The molecule has 1 N–H and O–H groups in total. The van der Waals surface area contributed by atoms with Gasteiger partial charge in [0.1, 0.15) is 11.6 Å². The lowest BCUT2D eigenvalue weighted by Gasteiger charge is -2.02. The van der Waals surface area contributed by atoms with Crippen molar-refractivity contribution in [2.24, 2.45) is 0 Å². The molecule has 0 aliphatic carbocycles. The van der Waals surface area contributed by atoms with Crippen LogP contribution in [0.4, 0.5) is 4.39 Å². The number of H-pyrrole nitrogens is 1. The van der Waals surface area contributed by atoms with Crippen LogP contribution in [-0.2, 0) is 0 Å². The lowest BCUT2D eigenvalue weighted by atomic mass is 10.1. The first-order valence-electron chi connectivity index (χ1n) is 9.66. The van der Waals surface area contributed by atoms with Crippen LogP contribution in [0, 0.1) is 12.7 Å². The molecule has 2 aromatic carbocycles. The van der Waals surface area contributed by atoms with Crippen LogP contribution in [0.15, 0.2) is 54.6 Å². The van der Waals surface area contributed by atoms with Crippen LogP contribution in [0.25, 0.3) is 17.3 Å². The number of methoxy groups -OCH3 is 1. The first-order valence-corrected chi connectivity index (χ1v) is 10.1. The molecule has 158 valence electrons. The molecule has 0 bridgehead atoms. The van der Waals surface area contributed by atoms with Crippen molar-refractivity contribution in [1.29, 1.82) is 0 Å². The van der Waals surface area contributed by atoms with E-state index in [1.165, 1.54) is 19.3 Å². The van der Waals surface area contributed by atoms with Gasteiger partial charge in [-0.15, -0.1) is 11.6 Å². The topological polar surface area (TPSA) is 55.0 Å². The molecule has 0 saturated heterocycles. The molecule has 0 spiro atoms. The maximum Gasteiger partial charge on any atom is 0.185 e. The monoisotopic (exact) mass is 428 g/mol. The van der Waals surface area contributed by atoms with Crippen molar-refractivity contribution in [2.45, 2.75) is 32.6 Å². The van der Waals surface area contributed by atoms with E-state index in [0.29, 0.717) is 33.6 Å². The van der Waals surface area contributed by atoms with Crippen LogP contribution < -0.4 is 4.74 Å². The number of allylic oxidation sites excluding steroid dienone is 1. The summed E-state index contributed by atoms with van der Waals surface area (Å²) in [6.45, 7) is 6.02. The molecule has 30 heavy (non-hydrogen) atoms. The molecule has 1 aromatic heterocycles. The number of aromatic nitrogens is 2. The molecule has 0 amide bonds. The Morgan fingerprint density at radius 2 is 1.90 bits per heavy atom. The highest BCUT2D eigenvalue weighted by Crippen LogP contribution is 2.25. The third kappa shape index (κ3) is 6.85. The van der Waals surface area contributed by atoms with Gasteiger partial charge in [-0.3, -0.25) is 9.89 Å². The molecule has 1 atom stereocenters. The number of hydrogen-bond acceptors (Lipinski definition) is 3. The first-order chi connectivity index (χ1) is 14.3. The number of nitrogens with one attached hydrogen (secondary N) is 1. The standard InChI is InChI=1S/C20H17FN2O2.C4H9Cl/c1-13-3-5-14(6-4-13)20(24)10-7-15-11-19(23-22-15)17-9-8-16(25-2)12-18(17)21;1-3-4(2)5/h3-12H,1-2H3,(H,22,23);4H,3H2,1-2H3/b10-7+;. The molecule has 3 aromatic rings. The van der Waals surface area contributed by atoms with E-state index in [-0.39, 0.29) is 5.78 Å². The third-order valence-electron chi connectivity index (χ3n) is 4.36. The number of nitrogens with zero attached hydrogens (tertiary/aromatic N) is 1. The lowest BCUT2D eigenvalue weighted by molar-refractivity contribution is 0.104. The maximum atomic E-state index is 14.1. The van der Waals surface area contributed by atoms with Crippen LogP contribution in [0.1, 0.15) is 41.9 Å². The highest BCUT2D eigenvalue weighted by Gasteiger charge is 2.10. The molecular formula is C24H26ClFN2O2. The molecule has 3 rings (SSSR count). The minimum atomic E-state index is -0.419. The van der Waals surface area contributed by atoms with Gasteiger partial charge in [-0.1, -0.05) is 36.8 Å². The van der Waals surface area contributed by atoms with E-state index in [1.807, 2.05) is 26.0 Å². The normalized spacial score (nSPS) is 11.7. The largest absolute Gasteiger partial charge is 0.497 e. The summed E-state index contributed by atoms with van der Waals surface area (Å²) in [5.74, 6) is -0.0792. The average Bonchev–Trinajstić information content (AvgIpc) is 3.21. The van der Waals surface area contributed by atoms with Crippen molar-refractivity contribution in [2.75, 3.05) is 7.11 Å². The summed E-state index contributed by atoms with van der Waals surface area (Å²) in [5.41, 5.74) is 3.15. The smallest absolute Gasteiger partial charge is 0.185 e. The summed E-state index contributed by atoms with van der Waals surface area (Å²) < 4.78 is 19.1. The molecular weight excluding hydrogens is 403 g/mol. The van der Waals surface area contributed by atoms with Crippen molar-refractivity contribution in [3.63, 3.8) is 0 Å². The van der Waals surface area contributed by atoms with Crippen LogP contribution in [0.2, 0.25) is 0 Å². The van der Waals surface area contributed by atoms with Gasteiger partial charge in [-0.05, 0) is 50.6 Å². The maximum absolute atomic E-state index is 14.1. The molecule has 1 unspecified atom stereocenters. The zero-order chi connectivity index (χ0) is 22.1. The second kappa shape index (κ2) is 11.3. The molecule has 1 heterocycles. The Morgan fingerprint density at radius 1 is 1.23 bits per heavy atom. The van der Waals surface area contributed by atoms with Gasteiger partial charge in [0.2, 0.25) is 0 Å². The van der Waals surface area contributed by atoms with Crippen molar-refractivity contribution in [1.82, 2.24) is 10.2 Å². The fourth-order valence-corrected chi connectivity index (χ4v) is 2.37. The number of rotatable bonds is 6. The number of hydrogen-bond donors (Lipinski definition) is 1. The fraction of sp³-hybridized carbons (Fsp3) is 0.250. The third-order valence-corrected chi connectivity index (χ3v) is 4.67. The Morgan fingerprint density at radius 3 is 2.47 bits per heavy atom. The molecule has 0 aliphatic heterocycles. The van der Waals surface area contributed by atoms with Crippen LogP contribution in [0.5, 0.6) is 5.75 Å². The number of ketones is 1. The fourth-order valence-electron chi connectivity index (χ4n) is 2.37. The van der Waals surface area contributed by atoms with E-state index in [0.717, 1.165) is 12.0 Å². The molecule has 6 heteroatoms. The molecule has 0 fully saturated rings. The van der Waals surface area contributed by atoms with Crippen LogP contribution >= 0.6 is 11.6 Å². The van der Waals surface area contributed by atoms with Crippen LogP contribution in [-0.4, -0.2) is 28.5 Å². The van der Waals surface area contributed by atoms with Gasteiger partial charge in [0.15, 0.2) is 5.78 Å². The highest BCUT2D eigenvalue weighted by molar-refractivity contribution is 6.20. The lowest BCUT2D eigenvalue weighted by Crippen LogP contribution is -1.93. The minimum absolute atomic E-state index is 0.105. The van der Waals surface area contributed by atoms with E-state index in [9.17, 15) is 9.18 Å². The SMILES string of the molecule is CCC(C)Cl.COc1ccc(-c2cc(/C=C/C(=O)c3ccc(C)cc3)[nH]n2)c(F)c1. The number of halogens is 2. The number of carbonyl (C=O) groups excluding carboxylic acids is 1. The number of aromatic amines is 1. The quantitative estimate of drug-likeness (QED) is 0.278. The van der Waals surface area contributed by atoms with Crippen molar-refractivity contribution in [3.8, 4) is 17.0 Å². The predicted molar refractivity (Wildman–Crippen MR) is 121 cm³/mol. The van der Waals surface area contributed by atoms with Gasteiger partial charge in [0.25, 0.3) is 0 Å². The molecule has 0 radical (unpaired) electrons. The van der Waals surface area contributed by atoms with Gasteiger partial charge in [-0.25, -0.2) is 4.39 Å². The van der Waals surface area contributed by atoms with Gasteiger partial charge < -0.3 is 4.74 Å². The Hall–Kier alpha value is -2.92. The van der Waals surface area contributed by atoms with E-state index >= 15 is 0 Å². The van der Waals surface area contributed by atoms with Gasteiger partial charge in [-0.2, -0.15) is 5.10 Å². The van der Waals surface area contributed by atoms with Gasteiger partial charge in [0.05, 0.1) is 18.5 Å². The average molecular weight is 429 g/mol. The van der Waals surface area contributed by atoms with Gasteiger partial charge >= 0.3 is 0 Å². The predicted octanol–water partition coefficient (Wildman–Crippen LogP) is 6.45. The number of ether oxygens (including phenoxy) is 1. The second-order valence-corrected chi connectivity index (χ2v) is 7.55. The van der Waals surface area contributed by atoms with E-state index in [4.69, 9.17) is 16.3 Å². The molecule has 0 aliphatic rings. The van der Waals surface area contributed by atoms with Crippen molar-refractivity contribution < 1.29 is 13.9 Å². The number of alkyl halides is 1. The zero-order valence-corrected chi connectivity index (χ0v) is 18.3. The Balaban J connectivity index is 0.000000575. The van der Waals surface area contributed by atoms with Gasteiger partial charge in [0, 0.05) is 22.6 Å². The molecule has 0 saturated carbocycles. The van der Waals surface area contributed by atoms with E-state index in [2.05, 4.69) is 17.1 Å². The number of benzene rings is 2. The zero-order valence-electron chi connectivity index (χ0n) is 17.6. The summed E-state index contributed by atoms with van der Waals surface area (Å²) >= 11 is 5.46. The summed E-state index contributed by atoms with van der Waals surface area (Å²) in [6.07, 6.45) is 4.16.